The van der Waals surface area contributed by atoms with Crippen LogP contribution in [0.4, 0.5) is 13.2 Å². The van der Waals surface area contributed by atoms with Crippen molar-refractivity contribution in [2.75, 3.05) is 6.61 Å². The molecule has 8 heteroatoms. The van der Waals surface area contributed by atoms with Gasteiger partial charge in [-0.1, -0.05) is 12.1 Å². The van der Waals surface area contributed by atoms with Gasteiger partial charge in [-0.2, -0.15) is 21.6 Å². The number of nitrogens with two attached hydrogens (primary N) is 1. The number of halogens is 3. The molecule has 0 aromatic heterocycles. The van der Waals surface area contributed by atoms with Gasteiger partial charge in [0.1, 0.15) is 0 Å². The maximum absolute atomic E-state index is 11.8. The largest absolute Gasteiger partial charge is 0.413 e. The van der Waals surface area contributed by atoms with Crippen LogP contribution in [0.15, 0.2) is 29.2 Å². The van der Waals surface area contributed by atoms with Gasteiger partial charge in [0, 0.05) is 6.54 Å². The summed E-state index contributed by atoms with van der Waals surface area (Å²) < 4.78 is 62.0. The zero-order chi connectivity index (χ0) is 13.1. The molecule has 0 amide bonds. The van der Waals surface area contributed by atoms with Gasteiger partial charge in [0.2, 0.25) is 0 Å². The first-order valence-corrected chi connectivity index (χ1v) is 5.90. The van der Waals surface area contributed by atoms with E-state index in [0.29, 0.717) is 5.56 Å². The molecule has 17 heavy (non-hydrogen) atoms. The molecule has 0 aliphatic heterocycles. The van der Waals surface area contributed by atoms with Gasteiger partial charge in [0.25, 0.3) is 10.1 Å². The fourth-order valence-corrected chi connectivity index (χ4v) is 1.90. The Kier molecular flexibility index (Phi) is 4.12. The van der Waals surface area contributed by atoms with Crippen molar-refractivity contribution in [3.05, 3.63) is 29.8 Å². The summed E-state index contributed by atoms with van der Waals surface area (Å²) >= 11 is 0. The molecule has 0 saturated heterocycles. The van der Waals surface area contributed by atoms with E-state index in [1.54, 1.807) is 0 Å². The molecule has 2 N–H and O–H groups in total. The van der Waals surface area contributed by atoms with Crippen LogP contribution >= 0.6 is 0 Å². The predicted octanol–water partition coefficient (Wildman–Crippen LogP) is 1.41. The van der Waals surface area contributed by atoms with Crippen LogP contribution in [-0.4, -0.2) is 21.2 Å². The summed E-state index contributed by atoms with van der Waals surface area (Å²) in [5.41, 5.74) is 5.96. The van der Waals surface area contributed by atoms with E-state index in [9.17, 15) is 21.6 Å². The van der Waals surface area contributed by atoms with Crippen LogP contribution in [0.3, 0.4) is 0 Å². The highest BCUT2D eigenvalue weighted by molar-refractivity contribution is 7.86. The Hall–Kier alpha value is -1.12. The van der Waals surface area contributed by atoms with Gasteiger partial charge in [0.05, 0.1) is 4.90 Å². The first kappa shape index (κ1) is 13.9. The third-order valence-electron chi connectivity index (χ3n) is 1.83. The van der Waals surface area contributed by atoms with Gasteiger partial charge in [-0.15, -0.1) is 0 Å². The molecule has 0 atom stereocenters. The van der Waals surface area contributed by atoms with Crippen molar-refractivity contribution in [3.63, 3.8) is 0 Å². The SMILES string of the molecule is NCc1ccc(S(=O)(=O)OCC(F)(F)F)cc1. The zero-order valence-electron chi connectivity index (χ0n) is 8.57. The molecule has 1 aromatic carbocycles. The average molecular weight is 269 g/mol. The van der Waals surface area contributed by atoms with Crippen molar-refractivity contribution >= 4 is 10.1 Å². The Morgan fingerprint density at radius 2 is 1.71 bits per heavy atom. The Labute approximate surface area is 96.3 Å². The quantitative estimate of drug-likeness (QED) is 0.839. The van der Waals surface area contributed by atoms with Crippen LogP contribution in [0.25, 0.3) is 0 Å². The standard InChI is InChI=1S/C9H10F3NO3S/c10-9(11,12)6-16-17(14,15)8-3-1-7(5-13)2-4-8/h1-4H,5-6,13H2. The fourth-order valence-electron chi connectivity index (χ4n) is 1.00. The molecule has 0 saturated carbocycles. The van der Waals surface area contributed by atoms with Gasteiger partial charge in [-0.25, -0.2) is 0 Å². The van der Waals surface area contributed by atoms with E-state index in [1.165, 1.54) is 12.1 Å². The summed E-state index contributed by atoms with van der Waals surface area (Å²) in [7, 11) is -4.38. The van der Waals surface area contributed by atoms with Crippen LogP contribution in [0, 0.1) is 0 Å². The third kappa shape index (κ3) is 4.33. The van der Waals surface area contributed by atoms with Gasteiger partial charge in [0.15, 0.2) is 6.61 Å². The highest BCUT2D eigenvalue weighted by atomic mass is 32.2. The lowest BCUT2D eigenvalue weighted by molar-refractivity contribution is -0.152. The molecule has 0 fully saturated rings. The maximum atomic E-state index is 11.8. The predicted molar refractivity (Wildman–Crippen MR) is 53.5 cm³/mol. The second kappa shape index (κ2) is 5.03. The summed E-state index contributed by atoms with van der Waals surface area (Å²) in [6.45, 7) is -1.63. The second-order valence-corrected chi connectivity index (χ2v) is 4.79. The van der Waals surface area contributed by atoms with E-state index in [1.807, 2.05) is 0 Å². The Bertz CT molecular complexity index is 467. The molecule has 0 heterocycles. The van der Waals surface area contributed by atoms with Crippen molar-refractivity contribution in [1.82, 2.24) is 0 Å². The van der Waals surface area contributed by atoms with E-state index in [0.717, 1.165) is 12.1 Å². The van der Waals surface area contributed by atoms with Gasteiger partial charge >= 0.3 is 6.18 Å². The molecule has 0 unspecified atom stereocenters. The van der Waals surface area contributed by atoms with Crippen molar-refractivity contribution in [2.24, 2.45) is 5.73 Å². The molecule has 1 rings (SSSR count). The highest BCUT2D eigenvalue weighted by Crippen LogP contribution is 2.19. The minimum atomic E-state index is -4.69. The number of alkyl halides is 3. The van der Waals surface area contributed by atoms with Crippen molar-refractivity contribution in [3.8, 4) is 0 Å². The van der Waals surface area contributed by atoms with Crippen molar-refractivity contribution in [1.29, 1.82) is 0 Å². The molecule has 1 aromatic rings. The fraction of sp³-hybridized carbons (Fsp3) is 0.333. The van der Waals surface area contributed by atoms with Gasteiger partial charge in [-0.3, -0.25) is 4.18 Å². The zero-order valence-corrected chi connectivity index (χ0v) is 9.38. The summed E-state index contributed by atoms with van der Waals surface area (Å²) in [5.74, 6) is 0. The molecule has 0 bridgehead atoms. The van der Waals surface area contributed by atoms with E-state index in [4.69, 9.17) is 5.73 Å². The summed E-state index contributed by atoms with van der Waals surface area (Å²) in [6.07, 6.45) is -4.69. The minimum Gasteiger partial charge on any atom is -0.326 e. The van der Waals surface area contributed by atoms with Crippen LogP contribution in [0.5, 0.6) is 0 Å². The van der Waals surface area contributed by atoms with Gasteiger partial charge < -0.3 is 5.73 Å². The lowest BCUT2D eigenvalue weighted by Crippen LogP contribution is -2.20. The van der Waals surface area contributed by atoms with Crippen LogP contribution in [0.1, 0.15) is 5.56 Å². The molecule has 0 aliphatic rings. The van der Waals surface area contributed by atoms with E-state index < -0.39 is 22.9 Å². The Balaban J connectivity index is 2.82. The molecular formula is C9H10F3NO3S. The number of benzene rings is 1. The minimum absolute atomic E-state index is 0.212. The molecule has 0 spiro atoms. The van der Waals surface area contributed by atoms with Gasteiger partial charge in [-0.05, 0) is 17.7 Å². The Morgan fingerprint density at radius 1 is 1.18 bits per heavy atom. The van der Waals surface area contributed by atoms with Crippen molar-refractivity contribution in [2.45, 2.75) is 17.6 Å². The van der Waals surface area contributed by atoms with Crippen LogP contribution in [0.2, 0.25) is 0 Å². The lowest BCUT2D eigenvalue weighted by atomic mass is 10.2. The third-order valence-corrected chi connectivity index (χ3v) is 3.10. The smallest absolute Gasteiger partial charge is 0.326 e. The van der Waals surface area contributed by atoms with Crippen molar-refractivity contribution < 1.29 is 25.8 Å². The normalized spacial score (nSPS) is 12.7. The topological polar surface area (TPSA) is 69.4 Å². The number of rotatable bonds is 4. The summed E-state index contributed by atoms with van der Waals surface area (Å²) in [6, 6.07) is 5.11. The highest BCUT2D eigenvalue weighted by Gasteiger charge is 2.31. The first-order chi connectivity index (χ1) is 7.74. The second-order valence-electron chi connectivity index (χ2n) is 3.18. The molecule has 0 aliphatic carbocycles. The van der Waals surface area contributed by atoms with Crippen LogP contribution in [-0.2, 0) is 20.8 Å². The van der Waals surface area contributed by atoms with E-state index in [-0.39, 0.29) is 11.4 Å². The number of hydrogen-bond donors (Lipinski definition) is 1. The molecular weight excluding hydrogens is 259 g/mol. The maximum Gasteiger partial charge on any atom is 0.413 e. The average Bonchev–Trinajstić information content (AvgIpc) is 2.26. The number of hydrogen-bond acceptors (Lipinski definition) is 4. The summed E-state index contributed by atoms with van der Waals surface area (Å²) in [5, 5.41) is 0. The lowest BCUT2D eigenvalue weighted by Gasteiger charge is -2.08. The van der Waals surface area contributed by atoms with E-state index >= 15 is 0 Å². The Morgan fingerprint density at radius 3 is 2.12 bits per heavy atom. The van der Waals surface area contributed by atoms with Crippen LogP contribution < -0.4 is 5.73 Å². The molecule has 96 valence electrons. The molecule has 0 radical (unpaired) electrons. The first-order valence-electron chi connectivity index (χ1n) is 4.50. The summed E-state index contributed by atoms with van der Waals surface area (Å²) in [4.78, 5) is -0.334. The van der Waals surface area contributed by atoms with E-state index in [2.05, 4.69) is 4.18 Å². The monoisotopic (exact) mass is 269 g/mol. The molecule has 4 nitrogen and oxygen atoms in total.